The first-order valence-electron chi connectivity index (χ1n) is 10.0. The topological polar surface area (TPSA) is 64.9 Å². The number of hydrogen-bond donors (Lipinski definition) is 1. The Hall–Kier alpha value is -3.36. The molecule has 0 fully saturated rings. The summed E-state index contributed by atoms with van der Waals surface area (Å²) in [4.78, 5) is 18.3. The quantitative estimate of drug-likeness (QED) is 0.285. The number of pyridine rings is 1. The van der Waals surface area contributed by atoms with Gasteiger partial charge in [-0.15, -0.1) is 11.8 Å². The summed E-state index contributed by atoms with van der Waals surface area (Å²) >= 11 is 1.64. The van der Waals surface area contributed by atoms with Crippen molar-refractivity contribution in [1.29, 1.82) is 0 Å². The predicted molar refractivity (Wildman–Crippen MR) is 123 cm³/mol. The molecule has 0 saturated carbocycles. The fourth-order valence-corrected chi connectivity index (χ4v) is 3.85. The molecule has 164 valence electrons. The zero-order valence-corrected chi connectivity index (χ0v) is 18.3. The van der Waals surface area contributed by atoms with E-state index >= 15 is 0 Å². The number of benzene rings is 2. The Bertz CT molecular complexity index is 1180. The molecule has 1 N–H and O–H groups in total. The van der Waals surface area contributed by atoms with Crippen molar-refractivity contribution in [3.8, 4) is 5.75 Å². The van der Waals surface area contributed by atoms with Crippen molar-refractivity contribution >= 4 is 29.0 Å². The second-order valence-electron chi connectivity index (χ2n) is 6.95. The third-order valence-electron chi connectivity index (χ3n) is 4.65. The number of aromatic nitrogens is 2. The van der Waals surface area contributed by atoms with Crippen molar-refractivity contribution in [1.82, 2.24) is 9.38 Å². The van der Waals surface area contributed by atoms with Crippen LogP contribution in [-0.2, 0) is 10.5 Å². The molecule has 0 radical (unpaired) electrons. The zero-order valence-electron chi connectivity index (χ0n) is 17.5. The summed E-state index contributed by atoms with van der Waals surface area (Å²) in [5, 5.41) is 2.72. The van der Waals surface area contributed by atoms with Gasteiger partial charge >= 0.3 is 0 Å². The zero-order chi connectivity index (χ0) is 22.3. The SMILES string of the molecule is COCCOc1ccc(F)cc1NC(=O)c1ccc(SCc2cn3ccccc3n2)cc1. The maximum Gasteiger partial charge on any atom is 0.255 e. The third kappa shape index (κ3) is 5.46. The molecule has 0 aliphatic carbocycles. The Morgan fingerprint density at radius 3 is 2.75 bits per heavy atom. The minimum absolute atomic E-state index is 0.274. The molecular formula is C24H22FN3O3S. The van der Waals surface area contributed by atoms with Crippen molar-refractivity contribution in [2.24, 2.45) is 0 Å². The number of thioether (sulfide) groups is 1. The van der Waals surface area contributed by atoms with Gasteiger partial charge in [0.2, 0.25) is 0 Å². The van der Waals surface area contributed by atoms with E-state index < -0.39 is 5.82 Å². The van der Waals surface area contributed by atoms with Crippen molar-refractivity contribution in [3.63, 3.8) is 0 Å². The molecule has 2 aromatic carbocycles. The predicted octanol–water partition coefficient (Wildman–Crippen LogP) is 5.04. The average Bonchev–Trinajstić information content (AvgIpc) is 3.23. The molecule has 0 unspecified atom stereocenters. The largest absolute Gasteiger partial charge is 0.489 e. The van der Waals surface area contributed by atoms with Gasteiger partial charge in [0.05, 0.1) is 18.0 Å². The fourth-order valence-electron chi connectivity index (χ4n) is 3.07. The van der Waals surface area contributed by atoms with Crippen molar-refractivity contribution < 1.29 is 18.7 Å². The van der Waals surface area contributed by atoms with Gasteiger partial charge < -0.3 is 19.2 Å². The molecule has 8 heteroatoms. The van der Waals surface area contributed by atoms with E-state index in [0.717, 1.165) is 22.0 Å². The molecule has 4 aromatic rings. The summed E-state index contributed by atoms with van der Waals surface area (Å²) < 4.78 is 26.2. The molecule has 2 heterocycles. The van der Waals surface area contributed by atoms with Gasteiger partial charge in [0.25, 0.3) is 5.91 Å². The second-order valence-corrected chi connectivity index (χ2v) is 8.00. The summed E-state index contributed by atoms with van der Waals surface area (Å²) in [6.45, 7) is 0.683. The highest BCUT2D eigenvalue weighted by molar-refractivity contribution is 7.98. The van der Waals surface area contributed by atoms with E-state index in [0.29, 0.717) is 24.5 Å². The van der Waals surface area contributed by atoms with Crippen molar-refractivity contribution in [2.45, 2.75) is 10.6 Å². The van der Waals surface area contributed by atoms with Gasteiger partial charge in [-0.25, -0.2) is 9.37 Å². The van der Waals surface area contributed by atoms with Crippen LogP contribution in [0.1, 0.15) is 16.1 Å². The number of hydrogen-bond acceptors (Lipinski definition) is 5. The highest BCUT2D eigenvalue weighted by Crippen LogP contribution is 2.27. The van der Waals surface area contributed by atoms with Crippen LogP contribution >= 0.6 is 11.8 Å². The summed E-state index contributed by atoms with van der Waals surface area (Å²) in [5.41, 5.74) is 2.64. The number of imidazole rings is 1. The van der Waals surface area contributed by atoms with E-state index in [1.165, 1.54) is 18.2 Å². The first-order chi connectivity index (χ1) is 15.6. The number of nitrogens with zero attached hydrogens (tertiary/aromatic N) is 2. The van der Waals surface area contributed by atoms with E-state index in [-0.39, 0.29) is 11.6 Å². The third-order valence-corrected chi connectivity index (χ3v) is 5.70. The molecule has 2 aromatic heterocycles. The summed E-state index contributed by atoms with van der Waals surface area (Å²) in [6.07, 6.45) is 3.98. The van der Waals surface area contributed by atoms with Crippen molar-refractivity contribution in [3.05, 3.63) is 90.1 Å². The molecule has 4 rings (SSSR count). The van der Waals surface area contributed by atoms with E-state index in [4.69, 9.17) is 9.47 Å². The Balaban J connectivity index is 1.38. The summed E-state index contributed by atoms with van der Waals surface area (Å²) in [5.74, 6) is 0.303. The lowest BCUT2D eigenvalue weighted by Crippen LogP contribution is -2.14. The van der Waals surface area contributed by atoms with Gasteiger partial charge in [-0.1, -0.05) is 6.07 Å². The number of anilines is 1. The number of nitrogens with one attached hydrogen (secondary N) is 1. The van der Waals surface area contributed by atoms with Gasteiger partial charge in [-0.2, -0.15) is 0 Å². The van der Waals surface area contributed by atoms with Crippen LogP contribution in [0.25, 0.3) is 5.65 Å². The molecule has 0 atom stereocenters. The van der Waals surface area contributed by atoms with E-state index in [1.54, 1.807) is 31.0 Å². The number of carbonyl (C=O) groups is 1. The molecule has 0 aliphatic heterocycles. The first kappa shape index (κ1) is 21.9. The number of rotatable bonds is 9. The van der Waals surface area contributed by atoms with E-state index in [2.05, 4.69) is 10.3 Å². The van der Waals surface area contributed by atoms with Crippen LogP contribution in [0.3, 0.4) is 0 Å². The monoisotopic (exact) mass is 451 g/mol. The fraction of sp³-hybridized carbons (Fsp3) is 0.167. The number of ether oxygens (including phenoxy) is 2. The van der Waals surface area contributed by atoms with Crippen LogP contribution in [0, 0.1) is 5.82 Å². The molecule has 0 spiro atoms. The van der Waals surface area contributed by atoms with Gasteiger partial charge in [0.15, 0.2) is 0 Å². The minimum Gasteiger partial charge on any atom is -0.489 e. The average molecular weight is 452 g/mol. The Morgan fingerprint density at radius 1 is 1.12 bits per heavy atom. The summed E-state index contributed by atoms with van der Waals surface area (Å²) in [7, 11) is 1.57. The van der Waals surface area contributed by atoms with Crippen LogP contribution in [0.4, 0.5) is 10.1 Å². The van der Waals surface area contributed by atoms with Crippen LogP contribution in [0.15, 0.2) is 78.0 Å². The molecule has 0 saturated heterocycles. The standard InChI is InChI=1S/C24H22FN3O3S/c1-30-12-13-31-22-10-7-18(25)14-21(22)27-24(29)17-5-8-20(9-6-17)32-16-19-15-28-11-3-2-4-23(28)26-19/h2-11,14-15H,12-13,16H2,1H3,(H,27,29). The van der Waals surface area contributed by atoms with Crippen LogP contribution in [-0.4, -0.2) is 35.6 Å². The molecule has 6 nitrogen and oxygen atoms in total. The Labute approximate surface area is 189 Å². The maximum absolute atomic E-state index is 13.7. The number of carbonyl (C=O) groups excluding carboxylic acids is 1. The number of amides is 1. The van der Waals surface area contributed by atoms with Gasteiger partial charge in [0, 0.05) is 41.8 Å². The number of fused-ring (bicyclic) bond motifs is 1. The minimum atomic E-state index is -0.460. The smallest absolute Gasteiger partial charge is 0.255 e. The van der Waals surface area contributed by atoms with E-state index in [9.17, 15) is 9.18 Å². The molecule has 1 amide bonds. The second kappa shape index (κ2) is 10.3. The molecule has 0 aliphatic rings. The van der Waals surface area contributed by atoms with Crippen LogP contribution in [0.5, 0.6) is 5.75 Å². The first-order valence-corrected chi connectivity index (χ1v) is 11.0. The highest BCUT2D eigenvalue weighted by Gasteiger charge is 2.12. The van der Waals surface area contributed by atoms with Crippen LogP contribution in [0.2, 0.25) is 0 Å². The lowest BCUT2D eigenvalue weighted by atomic mass is 10.2. The molecule has 32 heavy (non-hydrogen) atoms. The maximum atomic E-state index is 13.7. The van der Waals surface area contributed by atoms with Crippen molar-refractivity contribution in [2.75, 3.05) is 25.6 Å². The Kier molecular flexibility index (Phi) is 7.03. The Morgan fingerprint density at radius 2 is 1.97 bits per heavy atom. The molecule has 0 bridgehead atoms. The number of methoxy groups -OCH3 is 1. The van der Waals surface area contributed by atoms with Gasteiger partial charge in [-0.05, 0) is 48.5 Å². The summed E-state index contributed by atoms with van der Waals surface area (Å²) in [6, 6.07) is 17.2. The molecular weight excluding hydrogens is 429 g/mol. The van der Waals surface area contributed by atoms with E-state index in [1.807, 2.05) is 47.1 Å². The normalized spacial score (nSPS) is 10.9. The van der Waals surface area contributed by atoms with Gasteiger partial charge in [0.1, 0.15) is 23.8 Å². The lowest BCUT2D eigenvalue weighted by molar-refractivity contribution is 0.102. The van der Waals surface area contributed by atoms with Gasteiger partial charge in [-0.3, -0.25) is 4.79 Å². The number of halogens is 1. The highest BCUT2D eigenvalue weighted by atomic mass is 32.2. The lowest BCUT2D eigenvalue weighted by Gasteiger charge is -2.13. The van der Waals surface area contributed by atoms with Crippen LogP contribution < -0.4 is 10.1 Å².